The number of nitrogens with zero attached hydrogens (tertiary/aromatic N) is 1. The minimum atomic E-state index is -1.57. The predicted molar refractivity (Wildman–Crippen MR) is 87.4 cm³/mol. The number of benzene rings is 2. The van der Waals surface area contributed by atoms with Crippen LogP contribution < -0.4 is 4.90 Å². The molecular formula is C17H14ClNO5. The summed E-state index contributed by atoms with van der Waals surface area (Å²) in [6.45, 7) is -1.15. The van der Waals surface area contributed by atoms with Crippen LogP contribution in [0.2, 0.25) is 5.02 Å². The topological polar surface area (TPSA) is 98.1 Å². The Morgan fingerprint density at radius 3 is 2.50 bits per heavy atom. The number of fused-ring (bicyclic) bond motifs is 1. The van der Waals surface area contributed by atoms with E-state index in [9.17, 15) is 19.8 Å². The molecule has 0 aromatic heterocycles. The molecule has 2 aromatic carbocycles. The third-order valence-electron chi connectivity index (χ3n) is 4.21. The number of halogens is 1. The zero-order chi connectivity index (χ0) is 17.5. The molecule has 6 nitrogen and oxygen atoms in total. The summed E-state index contributed by atoms with van der Waals surface area (Å²) in [5, 5.41) is 29.8. The Balaban J connectivity index is 2.27. The SMILES string of the molecule is O=C(O)CN1C(=O)C(CO)(c2ccc(Cl)cc2O)c2ccccc21. The van der Waals surface area contributed by atoms with E-state index < -0.39 is 30.4 Å². The van der Waals surface area contributed by atoms with Crippen molar-refractivity contribution in [1.29, 1.82) is 0 Å². The second-order valence-electron chi connectivity index (χ2n) is 5.53. The first-order valence-electron chi connectivity index (χ1n) is 7.15. The minimum Gasteiger partial charge on any atom is -0.508 e. The third kappa shape index (κ3) is 2.23. The third-order valence-corrected chi connectivity index (χ3v) is 4.45. The smallest absolute Gasteiger partial charge is 0.323 e. The quantitative estimate of drug-likeness (QED) is 0.782. The molecule has 2 aromatic rings. The number of rotatable bonds is 4. The average Bonchev–Trinajstić information content (AvgIpc) is 2.77. The number of aromatic hydroxyl groups is 1. The van der Waals surface area contributed by atoms with Crippen molar-refractivity contribution in [2.24, 2.45) is 0 Å². The van der Waals surface area contributed by atoms with Crippen LogP contribution in [0.3, 0.4) is 0 Å². The molecule has 0 aliphatic carbocycles. The van der Waals surface area contributed by atoms with Crippen molar-refractivity contribution in [3.63, 3.8) is 0 Å². The number of para-hydroxylation sites is 1. The van der Waals surface area contributed by atoms with Gasteiger partial charge in [-0.25, -0.2) is 0 Å². The van der Waals surface area contributed by atoms with E-state index in [2.05, 4.69) is 0 Å². The Bertz CT molecular complexity index is 837. The molecule has 1 aliphatic rings. The van der Waals surface area contributed by atoms with E-state index in [0.29, 0.717) is 11.3 Å². The lowest BCUT2D eigenvalue weighted by Crippen LogP contribution is -2.45. The van der Waals surface area contributed by atoms with Crippen LogP contribution in [0.1, 0.15) is 11.1 Å². The highest BCUT2D eigenvalue weighted by Gasteiger charge is 2.53. The molecule has 3 N–H and O–H groups in total. The molecule has 1 heterocycles. The fraction of sp³-hybridized carbons (Fsp3) is 0.176. The minimum absolute atomic E-state index is 0.180. The Morgan fingerprint density at radius 1 is 1.17 bits per heavy atom. The van der Waals surface area contributed by atoms with Gasteiger partial charge in [0.25, 0.3) is 0 Å². The summed E-state index contributed by atoms with van der Waals surface area (Å²) in [6.07, 6.45) is 0. The molecule has 1 atom stereocenters. The summed E-state index contributed by atoms with van der Waals surface area (Å²) in [6, 6.07) is 10.9. The first kappa shape index (κ1) is 16.3. The van der Waals surface area contributed by atoms with Gasteiger partial charge in [-0.3, -0.25) is 14.5 Å². The van der Waals surface area contributed by atoms with Crippen LogP contribution in [0.5, 0.6) is 5.75 Å². The van der Waals surface area contributed by atoms with Gasteiger partial charge in [-0.05, 0) is 23.8 Å². The molecule has 0 spiro atoms. The lowest BCUT2D eigenvalue weighted by Gasteiger charge is -2.27. The molecule has 1 unspecified atom stereocenters. The Hall–Kier alpha value is -2.57. The van der Waals surface area contributed by atoms with E-state index in [1.165, 1.54) is 18.2 Å². The fourth-order valence-electron chi connectivity index (χ4n) is 3.18. The van der Waals surface area contributed by atoms with E-state index in [1.54, 1.807) is 24.3 Å². The monoisotopic (exact) mass is 347 g/mol. The lowest BCUT2D eigenvalue weighted by atomic mass is 9.75. The highest BCUT2D eigenvalue weighted by molar-refractivity contribution is 6.30. The van der Waals surface area contributed by atoms with Crippen LogP contribution in [-0.4, -0.2) is 40.3 Å². The van der Waals surface area contributed by atoms with Gasteiger partial charge in [-0.1, -0.05) is 35.9 Å². The van der Waals surface area contributed by atoms with E-state index in [1.807, 2.05) is 0 Å². The summed E-state index contributed by atoms with van der Waals surface area (Å²) in [5.74, 6) is -2.02. The van der Waals surface area contributed by atoms with Crippen LogP contribution in [-0.2, 0) is 15.0 Å². The van der Waals surface area contributed by atoms with Crippen LogP contribution in [0.25, 0.3) is 0 Å². The fourth-order valence-corrected chi connectivity index (χ4v) is 3.35. The molecule has 0 saturated carbocycles. The predicted octanol–water partition coefficient (Wildman–Crippen LogP) is 1.76. The van der Waals surface area contributed by atoms with Crippen LogP contribution in [0.15, 0.2) is 42.5 Å². The van der Waals surface area contributed by atoms with Gasteiger partial charge in [0.15, 0.2) is 0 Å². The maximum Gasteiger partial charge on any atom is 0.323 e. The van der Waals surface area contributed by atoms with Crippen LogP contribution in [0.4, 0.5) is 5.69 Å². The van der Waals surface area contributed by atoms with Gasteiger partial charge < -0.3 is 15.3 Å². The number of carboxylic acids is 1. The molecule has 0 fully saturated rings. The first-order chi connectivity index (χ1) is 11.4. The molecule has 0 radical (unpaired) electrons. The zero-order valence-electron chi connectivity index (χ0n) is 12.4. The summed E-state index contributed by atoms with van der Waals surface area (Å²) in [5.41, 5.74) is -0.551. The van der Waals surface area contributed by atoms with Crippen molar-refractivity contribution in [2.75, 3.05) is 18.1 Å². The maximum absolute atomic E-state index is 13.0. The molecule has 3 rings (SSSR count). The number of anilines is 1. The van der Waals surface area contributed by atoms with E-state index in [-0.39, 0.29) is 16.3 Å². The zero-order valence-corrected chi connectivity index (χ0v) is 13.2. The Morgan fingerprint density at radius 2 is 1.88 bits per heavy atom. The molecule has 124 valence electrons. The van der Waals surface area contributed by atoms with Gasteiger partial charge in [0.1, 0.15) is 17.7 Å². The number of carboxylic acid groups (broad SMARTS) is 1. The molecule has 1 aliphatic heterocycles. The highest BCUT2D eigenvalue weighted by atomic mass is 35.5. The number of carbonyl (C=O) groups excluding carboxylic acids is 1. The van der Waals surface area contributed by atoms with Gasteiger partial charge in [0.2, 0.25) is 5.91 Å². The van der Waals surface area contributed by atoms with E-state index in [4.69, 9.17) is 16.7 Å². The Labute approximate surface area is 142 Å². The number of aliphatic hydroxyl groups is 1. The summed E-state index contributed by atoms with van der Waals surface area (Å²) in [7, 11) is 0. The molecule has 1 amide bonds. The lowest BCUT2D eigenvalue weighted by molar-refractivity contribution is -0.137. The van der Waals surface area contributed by atoms with Gasteiger partial charge in [-0.15, -0.1) is 0 Å². The number of phenols is 1. The van der Waals surface area contributed by atoms with Crippen LogP contribution >= 0.6 is 11.6 Å². The summed E-state index contributed by atoms with van der Waals surface area (Å²) >= 11 is 5.85. The number of phenolic OH excluding ortho intramolecular Hbond substituents is 1. The number of carbonyl (C=O) groups is 2. The number of hydrogen-bond donors (Lipinski definition) is 3. The first-order valence-corrected chi connectivity index (χ1v) is 7.52. The molecular weight excluding hydrogens is 334 g/mol. The maximum atomic E-state index is 13.0. The van der Waals surface area contributed by atoms with Gasteiger partial charge >= 0.3 is 5.97 Å². The van der Waals surface area contributed by atoms with Crippen molar-refractivity contribution in [2.45, 2.75) is 5.41 Å². The highest BCUT2D eigenvalue weighted by Crippen LogP contribution is 2.48. The number of aliphatic hydroxyl groups excluding tert-OH is 1. The van der Waals surface area contributed by atoms with Crippen molar-refractivity contribution in [1.82, 2.24) is 0 Å². The van der Waals surface area contributed by atoms with Gasteiger partial charge in [-0.2, -0.15) is 0 Å². The normalized spacial score (nSPS) is 19.4. The van der Waals surface area contributed by atoms with E-state index >= 15 is 0 Å². The van der Waals surface area contributed by atoms with Gasteiger partial charge in [0, 0.05) is 16.3 Å². The van der Waals surface area contributed by atoms with E-state index in [0.717, 1.165) is 4.90 Å². The summed E-state index contributed by atoms with van der Waals surface area (Å²) < 4.78 is 0. The average molecular weight is 348 g/mol. The second-order valence-corrected chi connectivity index (χ2v) is 5.96. The molecule has 7 heteroatoms. The van der Waals surface area contributed by atoms with Crippen molar-refractivity contribution in [3.8, 4) is 5.75 Å². The van der Waals surface area contributed by atoms with Gasteiger partial charge in [0.05, 0.1) is 6.61 Å². The summed E-state index contributed by atoms with van der Waals surface area (Å²) in [4.78, 5) is 25.3. The number of amides is 1. The standard InChI is InChI=1S/C17H14ClNO5/c18-10-5-6-12(14(21)7-10)17(9-20)11-3-1-2-4-13(11)19(16(17)24)8-15(22)23/h1-7,20-21H,8-9H2,(H,22,23). The Kier molecular flexibility index (Phi) is 3.95. The molecule has 0 bridgehead atoms. The molecule has 0 saturated heterocycles. The van der Waals surface area contributed by atoms with Crippen molar-refractivity contribution < 1.29 is 24.9 Å². The number of aliphatic carboxylic acids is 1. The largest absolute Gasteiger partial charge is 0.508 e. The number of hydrogen-bond acceptors (Lipinski definition) is 4. The van der Waals surface area contributed by atoms with Crippen molar-refractivity contribution in [3.05, 3.63) is 58.6 Å². The van der Waals surface area contributed by atoms with Crippen LogP contribution in [0, 0.1) is 0 Å². The second kappa shape index (κ2) is 5.81. The van der Waals surface area contributed by atoms with Crippen molar-refractivity contribution >= 4 is 29.2 Å². The molecule has 24 heavy (non-hydrogen) atoms.